The number of nitrogens with zero attached hydrogens (tertiary/aromatic N) is 3. The number of alkyl halides is 3. The van der Waals surface area contributed by atoms with E-state index in [-0.39, 0.29) is 0 Å². The Bertz CT molecular complexity index is 716. The number of halogens is 3. The molecule has 2 N–H and O–H groups in total. The first kappa shape index (κ1) is 22.7. The molecule has 1 heterocycles. The zero-order chi connectivity index (χ0) is 20.6. The van der Waals surface area contributed by atoms with Crippen molar-refractivity contribution in [1.82, 2.24) is 14.5 Å². The van der Waals surface area contributed by atoms with Gasteiger partial charge in [0.2, 0.25) is 0 Å². The van der Waals surface area contributed by atoms with Crippen molar-refractivity contribution in [2.45, 2.75) is 65.1 Å². The second kappa shape index (κ2) is 10.8. The van der Waals surface area contributed by atoms with Gasteiger partial charge in [0.25, 0.3) is 0 Å². The number of hydrogen-bond donors (Lipinski definition) is 1. The van der Waals surface area contributed by atoms with Gasteiger partial charge in [0.15, 0.2) is 0 Å². The molecule has 1 aromatic carbocycles. The van der Waals surface area contributed by atoms with Gasteiger partial charge in [-0.2, -0.15) is 13.2 Å². The third-order valence-electron chi connectivity index (χ3n) is 5.03. The van der Waals surface area contributed by atoms with E-state index in [0.29, 0.717) is 18.5 Å². The molecule has 0 aliphatic rings. The zero-order valence-corrected chi connectivity index (χ0v) is 17.1. The molecule has 158 valence electrons. The van der Waals surface area contributed by atoms with Crippen molar-refractivity contribution in [2.24, 2.45) is 5.73 Å². The molecule has 4 nitrogen and oxygen atoms in total. The van der Waals surface area contributed by atoms with Crippen LogP contribution in [-0.4, -0.2) is 40.6 Å². The third kappa shape index (κ3) is 6.21. The average molecular weight is 399 g/mol. The summed E-state index contributed by atoms with van der Waals surface area (Å²) < 4.78 is 41.1. The van der Waals surface area contributed by atoms with Crippen LogP contribution < -0.4 is 5.73 Å². The highest BCUT2D eigenvalue weighted by Crippen LogP contribution is 2.31. The first-order valence-electron chi connectivity index (χ1n) is 10.4. The summed E-state index contributed by atoms with van der Waals surface area (Å²) in [6.07, 6.45) is 1.88. The van der Waals surface area contributed by atoms with Gasteiger partial charge in [0.1, 0.15) is 5.82 Å². The number of imidazole rings is 1. The van der Waals surface area contributed by atoms with Crippen LogP contribution in [0.4, 0.5) is 13.2 Å². The van der Waals surface area contributed by atoms with E-state index in [1.165, 1.54) is 31.7 Å². The fourth-order valence-corrected chi connectivity index (χ4v) is 3.48. The summed E-state index contributed by atoms with van der Waals surface area (Å²) in [7, 11) is 0. The van der Waals surface area contributed by atoms with Crippen LogP contribution in [0, 0.1) is 0 Å². The fourth-order valence-electron chi connectivity index (χ4n) is 3.48. The third-order valence-corrected chi connectivity index (χ3v) is 5.03. The molecule has 0 atom stereocenters. The Kier molecular flexibility index (Phi) is 8.76. The van der Waals surface area contributed by atoms with Crippen molar-refractivity contribution in [2.75, 3.05) is 26.2 Å². The molecule has 0 fully saturated rings. The molecule has 28 heavy (non-hydrogen) atoms. The maximum Gasteiger partial charge on any atom is 0.416 e. The first-order valence-corrected chi connectivity index (χ1v) is 10.4. The summed E-state index contributed by atoms with van der Waals surface area (Å²) in [6.45, 7) is 8.76. The predicted molar refractivity (Wildman–Crippen MR) is 108 cm³/mol. The Balaban J connectivity index is 2.14. The van der Waals surface area contributed by atoms with Gasteiger partial charge in [0.05, 0.1) is 16.6 Å². The van der Waals surface area contributed by atoms with E-state index in [1.807, 2.05) is 4.57 Å². The molecule has 0 spiro atoms. The lowest BCUT2D eigenvalue weighted by atomic mass is 10.2. The van der Waals surface area contributed by atoms with Crippen LogP contribution in [0.1, 0.15) is 57.3 Å². The Morgan fingerprint density at radius 2 is 1.68 bits per heavy atom. The van der Waals surface area contributed by atoms with Gasteiger partial charge >= 0.3 is 6.18 Å². The first-order chi connectivity index (χ1) is 13.4. The van der Waals surface area contributed by atoms with Gasteiger partial charge < -0.3 is 15.2 Å². The number of rotatable bonds is 12. The minimum Gasteiger partial charge on any atom is -0.330 e. The maximum atomic E-state index is 13.0. The van der Waals surface area contributed by atoms with E-state index in [1.54, 1.807) is 0 Å². The summed E-state index contributed by atoms with van der Waals surface area (Å²) in [4.78, 5) is 6.94. The highest BCUT2D eigenvalue weighted by atomic mass is 19.4. The summed E-state index contributed by atoms with van der Waals surface area (Å²) in [5.74, 6) is 0.769. The van der Waals surface area contributed by atoms with Crippen LogP contribution in [0.15, 0.2) is 18.2 Å². The van der Waals surface area contributed by atoms with Crippen molar-refractivity contribution in [3.63, 3.8) is 0 Å². The molecule has 7 heteroatoms. The van der Waals surface area contributed by atoms with Gasteiger partial charge in [-0.3, -0.25) is 0 Å². The van der Waals surface area contributed by atoms with Crippen LogP contribution in [0.3, 0.4) is 0 Å². The van der Waals surface area contributed by atoms with E-state index < -0.39 is 11.7 Å². The zero-order valence-electron chi connectivity index (χ0n) is 17.1. The van der Waals surface area contributed by atoms with Crippen LogP contribution in [-0.2, 0) is 19.1 Å². The summed E-state index contributed by atoms with van der Waals surface area (Å²) >= 11 is 0. The molecule has 0 saturated carbocycles. The smallest absolute Gasteiger partial charge is 0.330 e. The molecule has 2 rings (SSSR count). The SMILES string of the molecule is CCCCN(CCCC)CCCn1c(CCN)nc2cc(C(F)(F)F)ccc21. The summed E-state index contributed by atoms with van der Waals surface area (Å²) in [5, 5.41) is 0. The number of hydrogen-bond acceptors (Lipinski definition) is 3. The van der Waals surface area contributed by atoms with Crippen molar-refractivity contribution in [3.8, 4) is 0 Å². The maximum absolute atomic E-state index is 13.0. The highest BCUT2D eigenvalue weighted by Gasteiger charge is 2.31. The molecule has 2 aromatic rings. The topological polar surface area (TPSA) is 47.1 Å². The quantitative estimate of drug-likeness (QED) is 0.556. The molecule has 0 saturated heterocycles. The van der Waals surface area contributed by atoms with Gasteiger partial charge in [-0.05, 0) is 63.6 Å². The minimum absolute atomic E-state index is 0.395. The molecule has 0 aliphatic carbocycles. The molecule has 0 bridgehead atoms. The number of aromatic nitrogens is 2. The van der Waals surface area contributed by atoms with Crippen molar-refractivity contribution in [1.29, 1.82) is 0 Å². The van der Waals surface area contributed by atoms with E-state index in [0.717, 1.165) is 56.1 Å². The Hall–Kier alpha value is -1.60. The van der Waals surface area contributed by atoms with Gasteiger partial charge in [0, 0.05) is 13.0 Å². The van der Waals surface area contributed by atoms with E-state index in [9.17, 15) is 13.2 Å². The Morgan fingerprint density at radius 3 is 2.25 bits per heavy atom. The molecule has 1 aromatic heterocycles. The van der Waals surface area contributed by atoms with Crippen molar-refractivity contribution in [3.05, 3.63) is 29.6 Å². The molecular weight excluding hydrogens is 365 g/mol. The molecule has 0 radical (unpaired) electrons. The van der Waals surface area contributed by atoms with Crippen LogP contribution in [0.5, 0.6) is 0 Å². The predicted octanol–water partition coefficient (Wildman–Crippen LogP) is 4.85. The molecule has 0 unspecified atom stereocenters. The van der Waals surface area contributed by atoms with Crippen molar-refractivity contribution >= 4 is 11.0 Å². The van der Waals surface area contributed by atoms with E-state index in [2.05, 4.69) is 23.7 Å². The number of unbranched alkanes of at least 4 members (excludes halogenated alkanes) is 2. The van der Waals surface area contributed by atoms with Gasteiger partial charge in [-0.25, -0.2) is 4.98 Å². The fraction of sp³-hybridized carbons (Fsp3) is 0.667. The van der Waals surface area contributed by atoms with Crippen molar-refractivity contribution < 1.29 is 13.2 Å². The number of aryl methyl sites for hydroxylation is 1. The lowest BCUT2D eigenvalue weighted by Gasteiger charge is -2.22. The molecule has 0 amide bonds. The lowest BCUT2D eigenvalue weighted by Crippen LogP contribution is -2.28. The Morgan fingerprint density at radius 1 is 1.04 bits per heavy atom. The highest BCUT2D eigenvalue weighted by molar-refractivity contribution is 5.77. The summed E-state index contributed by atoms with van der Waals surface area (Å²) in [6, 6.07) is 3.82. The lowest BCUT2D eigenvalue weighted by molar-refractivity contribution is -0.137. The van der Waals surface area contributed by atoms with Crippen LogP contribution >= 0.6 is 0 Å². The number of fused-ring (bicyclic) bond motifs is 1. The average Bonchev–Trinajstić information content (AvgIpc) is 2.99. The summed E-state index contributed by atoms with van der Waals surface area (Å²) in [5.41, 5.74) is 6.19. The normalized spacial score (nSPS) is 12.4. The standard InChI is InChI=1S/C21H33F3N4/c1-3-5-12-27(13-6-4-2)14-7-15-28-19-9-8-17(21(22,23)24)16-18(19)26-20(28)10-11-25/h8-9,16H,3-7,10-15,25H2,1-2H3. The van der Waals surface area contributed by atoms with Gasteiger partial charge in [-0.15, -0.1) is 0 Å². The number of nitrogens with two attached hydrogens (primary N) is 1. The minimum atomic E-state index is -4.36. The molecule has 0 aliphatic heterocycles. The van der Waals surface area contributed by atoms with E-state index in [4.69, 9.17) is 5.73 Å². The second-order valence-corrected chi connectivity index (χ2v) is 7.32. The van der Waals surface area contributed by atoms with E-state index >= 15 is 0 Å². The molecular formula is C21H33F3N4. The van der Waals surface area contributed by atoms with Crippen LogP contribution in [0.2, 0.25) is 0 Å². The monoisotopic (exact) mass is 398 g/mol. The largest absolute Gasteiger partial charge is 0.416 e. The number of benzene rings is 1. The van der Waals surface area contributed by atoms with Crippen LogP contribution in [0.25, 0.3) is 11.0 Å². The second-order valence-electron chi connectivity index (χ2n) is 7.32. The Labute approximate surface area is 165 Å². The van der Waals surface area contributed by atoms with Gasteiger partial charge in [-0.1, -0.05) is 26.7 Å².